The van der Waals surface area contributed by atoms with Gasteiger partial charge in [0.25, 0.3) is 0 Å². The summed E-state index contributed by atoms with van der Waals surface area (Å²) < 4.78 is 6.26. The number of esters is 1. The molecule has 1 aromatic carbocycles. The van der Waals surface area contributed by atoms with Gasteiger partial charge in [0, 0.05) is 23.8 Å². The fraction of sp³-hybridized carbons (Fsp3) is 0.333. The molecule has 1 heterocycles. The van der Waals surface area contributed by atoms with Crippen LogP contribution in [0.5, 0.6) is 0 Å². The molecule has 1 aliphatic rings. The van der Waals surface area contributed by atoms with Crippen LogP contribution < -0.4 is 0 Å². The number of hydrogen-bond acceptors (Lipinski definition) is 7. The van der Waals surface area contributed by atoms with E-state index >= 15 is 0 Å². The molecule has 0 saturated carbocycles. The normalized spacial score (nSPS) is 19.4. The minimum atomic E-state index is -0.879. The maximum atomic E-state index is 12.0. The largest absolute Gasteiger partial charge is 0.455 e. The van der Waals surface area contributed by atoms with Crippen LogP contribution in [0.2, 0.25) is 0 Å². The monoisotopic (exact) mass is 414 g/mol. The lowest BCUT2D eigenvalue weighted by Crippen LogP contribution is -2.22. The van der Waals surface area contributed by atoms with E-state index in [9.17, 15) is 20.0 Å². The predicted molar refractivity (Wildman–Crippen MR) is 111 cm³/mol. The van der Waals surface area contributed by atoms with E-state index in [4.69, 9.17) is 4.74 Å². The number of aliphatic hydroxyl groups excluding tert-OH is 1. The highest BCUT2D eigenvalue weighted by Gasteiger charge is 2.23. The van der Waals surface area contributed by atoms with E-state index in [1.54, 1.807) is 25.2 Å². The Morgan fingerprint density at radius 1 is 1.41 bits per heavy atom. The first-order chi connectivity index (χ1) is 13.9. The number of nitro groups is 1. The van der Waals surface area contributed by atoms with Gasteiger partial charge in [0.05, 0.1) is 10.2 Å². The van der Waals surface area contributed by atoms with E-state index < -0.39 is 24.2 Å². The molecule has 1 N–H and O–H groups in total. The van der Waals surface area contributed by atoms with Gasteiger partial charge in [0.1, 0.15) is 17.2 Å². The molecule has 1 aliphatic carbocycles. The zero-order valence-corrected chi connectivity index (χ0v) is 16.7. The summed E-state index contributed by atoms with van der Waals surface area (Å²) >= 11 is 1.41. The molecule has 29 heavy (non-hydrogen) atoms. The first kappa shape index (κ1) is 20.9. The molecule has 0 bridgehead atoms. The van der Waals surface area contributed by atoms with Crippen LogP contribution in [0.3, 0.4) is 0 Å². The van der Waals surface area contributed by atoms with Gasteiger partial charge in [-0.15, -0.1) is 11.3 Å². The number of allylic oxidation sites excluding steroid dienone is 2. The highest BCUT2D eigenvalue weighted by molar-refractivity contribution is 7.18. The second kappa shape index (κ2) is 9.58. The minimum absolute atomic E-state index is 0.275. The number of nitrogens with zero attached hydrogens (tertiary/aromatic N) is 2. The summed E-state index contributed by atoms with van der Waals surface area (Å²) in [4.78, 5) is 27.0. The first-order valence-electron chi connectivity index (χ1n) is 9.35. The number of ether oxygens (including phenoxy) is 1. The van der Waals surface area contributed by atoms with E-state index in [1.165, 1.54) is 17.4 Å². The van der Waals surface area contributed by atoms with Gasteiger partial charge in [-0.3, -0.25) is 10.1 Å². The molecular formula is C21H22N2O5S. The Bertz CT molecular complexity index is 945. The number of carbonyl (C=O) groups is 1. The molecule has 2 unspecified atom stereocenters. The molecule has 0 aliphatic heterocycles. The number of fused-ring (bicyclic) bond motifs is 1. The van der Waals surface area contributed by atoms with Crippen LogP contribution in [0.4, 0.5) is 0 Å². The van der Waals surface area contributed by atoms with Crippen molar-refractivity contribution in [1.82, 2.24) is 4.98 Å². The summed E-state index contributed by atoms with van der Waals surface area (Å²) in [5.74, 6) is -0.541. The van der Waals surface area contributed by atoms with Gasteiger partial charge < -0.3 is 9.84 Å². The van der Waals surface area contributed by atoms with Gasteiger partial charge in [-0.05, 0) is 43.2 Å². The zero-order chi connectivity index (χ0) is 20.8. The first-order valence-corrected chi connectivity index (χ1v) is 10.2. The van der Waals surface area contributed by atoms with Crippen LogP contribution in [-0.2, 0) is 9.53 Å². The maximum absolute atomic E-state index is 12.0. The standard InChI is InChI=1S/C21H22N2O5S/c1-14(9-11-18(24)21-22-17-7-2-3-8-19(17)29-21)28-20(25)12-10-15-5-4-6-16(13-15)23(26)27/h2-3,5,7-12,14,16,18,24H,4,6,13H2,1H3/b11-9-,12-10+/t14-,16?,18?/m1/s1. The summed E-state index contributed by atoms with van der Waals surface area (Å²) in [6, 6.07) is 7.05. The quantitative estimate of drug-likeness (QED) is 0.240. The number of benzene rings is 1. The molecular weight excluding hydrogens is 392 g/mol. The molecule has 0 radical (unpaired) electrons. The molecule has 3 rings (SSSR count). The second-order valence-electron chi connectivity index (χ2n) is 6.82. The van der Waals surface area contributed by atoms with Crippen molar-refractivity contribution in [3.8, 4) is 0 Å². The van der Waals surface area contributed by atoms with Crippen LogP contribution in [0.15, 0.2) is 60.2 Å². The number of carbonyl (C=O) groups excluding carboxylic acids is 1. The molecule has 7 nitrogen and oxygen atoms in total. The molecule has 152 valence electrons. The third-order valence-electron chi connectivity index (χ3n) is 4.54. The third-order valence-corrected chi connectivity index (χ3v) is 5.65. The summed E-state index contributed by atoms with van der Waals surface area (Å²) in [7, 11) is 0. The van der Waals surface area contributed by atoms with E-state index in [-0.39, 0.29) is 4.92 Å². The highest BCUT2D eigenvalue weighted by Crippen LogP contribution is 2.27. The lowest BCUT2D eigenvalue weighted by Gasteiger charge is -2.14. The van der Waals surface area contributed by atoms with Crippen molar-refractivity contribution in [1.29, 1.82) is 0 Å². The third kappa shape index (κ3) is 5.82. The Kier molecular flexibility index (Phi) is 6.90. The van der Waals surface area contributed by atoms with E-state index in [1.807, 2.05) is 30.3 Å². The summed E-state index contributed by atoms with van der Waals surface area (Å²) in [6.45, 7) is 1.69. The Hall–Kier alpha value is -2.84. The van der Waals surface area contributed by atoms with Crippen LogP contribution in [0.25, 0.3) is 10.2 Å². The average molecular weight is 414 g/mol. The molecule has 8 heteroatoms. The summed E-state index contributed by atoms with van der Waals surface area (Å²) in [6.07, 6.45) is 7.96. The van der Waals surface area contributed by atoms with Gasteiger partial charge in [-0.1, -0.05) is 24.3 Å². The number of thiazole rings is 1. The van der Waals surface area contributed by atoms with Crippen LogP contribution in [0, 0.1) is 10.1 Å². The van der Waals surface area contributed by atoms with Gasteiger partial charge in [-0.2, -0.15) is 0 Å². The van der Waals surface area contributed by atoms with Gasteiger partial charge in [-0.25, -0.2) is 9.78 Å². The fourth-order valence-corrected chi connectivity index (χ4v) is 3.97. The van der Waals surface area contributed by atoms with Crippen molar-refractivity contribution in [2.75, 3.05) is 0 Å². The van der Waals surface area contributed by atoms with E-state index in [2.05, 4.69) is 4.98 Å². The van der Waals surface area contributed by atoms with Crippen molar-refractivity contribution in [2.45, 2.75) is 44.4 Å². The topological polar surface area (TPSA) is 103 Å². The van der Waals surface area contributed by atoms with Crippen LogP contribution >= 0.6 is 11.3 Å². The Morgan fingerprint density at radius 3 is 2.97 bits per heavy atom. The Balaban J connectivity index is 1.51. The summed E-state index contributed by atoms with van der Waals surface area (Å²) in [5, 5.41) is 21.8. The fourth-order valence-electron chi connectivity index (χ4n) is 3.03. The predicted octanol–water partition coefficient (Wildman–Crippen LogP) is 4.13. The number of aromatic nitrogens is 1. The average Bonchev–Trinajstić information content (AvgIpc) is 3.15. The van der Waals surface area contributed by atoms with Crippen molar-refractivity contribution < 1.29 is 19.6 Å². The number of hydrogen-bond donors (Lipinski definition) is 1. The Morgan fingerprint density at radius 2 is 2.21 bits per heavy atom. The van der Waals surface area contributed by atoms with E-state index in [0.717, 1.165) is 15.8 Å². The van der Waals surface area contributed by atoms with Gasteiger partial charge >= 0.3 is 5.97 Å². The lowest BCUT2D eigenvalue weighted by atomic mass is 9.95. The SMILES string of the molecule is C[C@H](/C=C\C(O)c1nc2ccccc2s1)OC(=O)/C=C/C1=CCCC([N+](=O)[O-])C1. The number of aliphatic hydroxyl groups is 1. The molecule has 1 aromatic heterocycles. The summed E-state index contributed by atoms with van der Waals surface area (Å²) in [5.41, 5.74) is 1.60. The molecule has 0 fully saturated rings. The highest BCUT2D eigenvalue weighted by atomic mass is 32.1. The van der Waals surface area contributed by atoms with Gasteiger partial charge in [0.2, 0.25) is 6.04 Å². The molecule has 0 spiro atoms. The van der Waals surface area contributed by atoms with Crippen molar-refractivity contribution in [3.63, 3.8) is 0 Å². The van der Waals surface area contributed by atoms with Crippen LogP contribution in [-0.4, -0.2) is 33.1 Å². The Labute approximate surface area is 172 Å². The minimum Gasteiger partial charge on any atom is -0.455 e. The number of para-hydroxylation sites is 1. The molecule has 0 amide bonds. The lowest BCUT2D eigenvalue weighted by molar-refractivity contribution is -0.523. The molecule has 2 aromatic rings. The molecule has 0 saturated heterocycles. The van der Waals surface area contributed by atoms with Crippen molar-refractivity contribution in [2.24, 2.45) is 0 Å². The number of rotatable bonds is 7. The van der Waals surface area contributed by atoms with Crippen molar-refractivity contribution >= 4 is 27.5 Å². The maximum Gasteiger partial charge on any atom is 0.331 e. The van der Waals surface area contributed by atoms with Crippen LogP contribution in [0.1, 0.15) is 37.3 Å². The molecule has 3 atom stereocenters. The second-order valence-corrected chi connectivity index (χ2v) is 7.89. The smallest absolute Gasteiger partial charge is 0.331 e. The zero-order valence-electron chi connectivity index (χ0n) is 15.9. The van der Waals surface area contributed by atoms with Crippen molar-refractivity contribution in [3.05, 3.63) is 75.3 Å². The van der Waals surface area contributed by atoms with Gasteiger partial charge in [0.15, 0.2) is 0 Å². The van der Waals surface area contributed by atoms with E-state index in [0.29, 0.717) is 24.3 Å².